The number of aromatic nitrogens is 4. The number of esters is 1. The van der Waals surface area contributed by atoms with Crippen molar-refractivity contribution in [3.05, 3.63) is 51.5 Å². The fraction of sp³-hybridized carbons (Fsp3) is 0.294. The van der Waals surface area contributed by atoms with Crippen molar-refractivity contribution in [3.63, 3.8) is 0 Å². The minimum atomic E-state index is -0.320. The molecule has 130 valence electrons. The van der Waals surface area contributed by atoms with Gasteiger partial charge in [-0.25, -0.2) is 9.50 Å². The van der Waals surface area contributed by atoms with Crippen LogP contribution in [-0.2, 0) is 22.6 Å². The van der Waals surface area contributed by atoms with E-state index in [9.17, 15) is 4.79 Å². The molecule has 2 heterocycles. The molecule has 8 heteroatoms. The van der Waals surface area contributed by atoms with Gasteiger partial charge in [-0.1, -0.05) is 6.07 Å². The Bertz CT molecular complexity index is 939. The average Bonchev–Trinajstić information content (AvgIpc) is 3.05. The summed E-state index contributed by atoms with van der Waals surface area (Å²) in [5, 5.41) is 4.12. The molecule has 0 unspecified atom stereocenters. The van der Waals surface area contributed by atoms with Gasteiger partial charge in [0, 0.05) is 17.0 Å². The Labute approximate surface area is 153 Å². The van der Waals surface area contributed by atoms with Gasteiger partial charge in [-0.05, 0) is 47.5 Å². The van der Waals surface area contributed by atoms with Crippen LogP contribution in [0.2, 0.25) is 0 Å². The number of aryl methyl sites for hydroxylation is 2. The van der Waals surface area contributed by atoms with Gasteiger partial charge in [0.05, 0.1) is 18.0 Å². The first-order chi connectivity index (χ1) is 12.0. The molecule has 0 aliphatic rings. The lowest BCUT2D eigenvalue weighted by molar-refractivity contribution is -0.144. The maximum Gasteiger partial charge on any atom is 0.310 e. The third kappa shape index (κ3) is 3.63. The molecule has 2 aromatic heterocycles. The summed E-state index contributed by atoms with van der Waals surface area (Å²) in [6.07, 6.45) is 1.58. The van der Waals surface area contributed by atoms with Crippen LogP contribution in [0.4, 0.5) is 0 Å². The predicted molar refractivity (Wildman–Crippen MR) is 94.5 cm³/mol. The molecule has 0 saturated heterocycles. The van der Waals surface area contributed by atoms with Crippen LogP contribution in [0, 0.1) is 13.8 Å². The molecular formula is C17H17BrN4O3. The van der Waals surface area contributed by atoms with Crippen LogP contribution >= 0.6 is 15.9 Å². The number of ether oxygens (including phenoxy) is 2. The van der Waals surface area contributed by atoms with Gasteiger partial charge in [0.2, 0.25) is 0 Å². The lowest BCUT2D eigenvalue weighted by Gasteiger charge is -2.11. The first-order valence-electron chi connectivity index (χ1n) is 7.63. The van der Waals surface area contributed by atoms with Crippen LogP contribution in [0.25, 0.3) is 5.78 Å². The minimum absolute atomic E-state index is 0.137. The van der Waals surface area contributed by atoms with Crippen LogP contribution in [0.15, 0.2) is 29.0 Å². The molecule has 0 amide bonds. The Balaban J connectivity index is 1.70. The van der Waals surface area contributed by atoms with E-state index in [1.54, 1.807) is 11.6 Å². The molecule has 0 saturated carbocycles. The standard InChI is InChI=1S/C17H17BrN4O3/c1-10-13(11(2)22-17(21-10)19-9-20-22)7-16(23)25-8-12-4-5-15(24-3)14(18)6-12/h4-6,9H,7-8H2,1-3H3. The van der Waals surface area contributed by atoms with Crippen LogP contribution < -0.4 is 4.74 Å². The number of halogens is 1. The highest BCUT2D eigenvalue weighted by Gasteiger charge is 2.15. The number of rotatable bonds is 5. The van der Waals surface area contributed by atoms with Gasteiger partial charge in [-0.3, -0.25) is 4.79 Å². The summed E-state index contributed by atoms with van der Waals surface area (Å²) in [4.78, 5) is 20.7. The summed E-state index contributed by atoms with van der Waals surface area (Å²) in [6, 6.07) is 5.55. The summed E-state index contributed by atoms with van der Waals surface area (Å²) in [5.41, 5.74) is 3.27. The second-order valence-corrected chi connectivity index (χ2v) is 6.39. The van der Waals surface area contributed by atoms with E-state index < -0.39 is 0 Å². The van der Waals surface area contributed by atoms with E-state index in [4.69, 9.17) is 9.47 Å². The topological polar surface area (TPSA) is 78.6 Å². The number of carbonyl (C=O) groups excluding carboxylic acids is 1. The van der Waals surface area contributed by atoms with Crippen molar-refractivity contribution in [2.24, 2.45) is 0 Å². The molecule has 0 aliphatic carbocycles. The lowest BCUT2D eigenvalue weighted by atomic mass is 10.1. The number of hydrogen-bond donors (Lipinski definition) is 0. The summed E-state index contributed by atoms with van der Waals surface area (Å²) in [5.74, 6) is 0.933. The number of fused-ring (bicyclic) bond motifs is 1. The molecule has 7 nitrogen and oxygen atoms in total. The Morgan fingerprint density at radius 2 is 2.12 bits per heavy atom. The smallest absolute Gasteiger partial charge is 0.310 e. The zero-order valence-electron chi connectivity index (χ0n) is 14.1. The quantitative estimate of drug-likeness (QED) is 0.608. The summed E-state index contributed by atoms with van der Waals surface area (Å²) >= 11 is 3.42. The zero-order valence-corrected chi connectivity index (χ0v) is 15.7. The first-order valence-corrected chi connectivity index (χ1v) is 8.42. The highest BCUT2D eigenvalue weighted by Crippen LogP contribution is 2.25. The molecule has 0 fully saturated rings. The van der Waals surface area contributed by atoms with E-state index >= 15 is 0 Å². The van der Waals surface area contributed by atoms with Gasteiger partial charge in [-0.2, -0.15) is 10.1 Å². The molecular weight excluding hydrogens is 388 g/mol. The van der Waals surface area contributed by atoms with Gasteiger partial charge in [0.25, 0.3) is 5.78 Å². The van der Waals surface area contributed by atoms with Gasteiger partial charge in [0.15, 0.2) is 0 Å². The normalized spacial score (nSPS) is 10.9. The van der Waals surface area contributed by atoms with Crippen LogP contribution in [-0.4, -0.2) is 32.7 Å². The maximum absolute atomic E-state index is 12.2. The molecule has 0 bridgehead atoms. The fourth-order valence-electron chi connectivity index (χ4n) is 2.57. The maximum atomic E-state index is 12.2. The molecule has 1 aromatic carbocycles. The fourth-order valence-corrected chi connectivity index (χ4v) is 3.16. The highest BCUT2D eigenvalue weighted by atomic mass is 79.9. The number of hydrogen-bond acceptors (Lipinski definition) is 6. The first kappa shape index (κ1) is 17.3. The molecule has 0 radical (unpaired) electrons. The molecule has 0 atom stereocenters. The van der Waals surface area contributed by atoms with E-state index in [0.717, 1.165) is 32.7 Å². The number of methoxy groups -OCH3 is 1. The predicted octanol–water partition coefficient (Wildman–Crippen LogP) is 2.80. The van der Waals surface area contributed by atoms with Crippen molar-refractivity contribution in [2.75, 3.05) is 7.11 Å². The Hall–Kier alpha value is -2.48. The van der Waals surface area contributed by atoms with Crippen molar-refractivity contribution in [2.45, 2.75) is 26.9 Å². The largest absolute Gasteiger partial charge is 0.496 e. The van der Waals surface area contributed by atoms with Crippen LogP contribution in [0.3, 0.4) is 0 Å². The monoisotopic (exact) mass is 404 g/mol. The summed E-state index contributed by atoms with van der Waals surface area (Å²) < 4.78 is 13.0. The third-order valence-corrected chi connectivity index (χ3v) is 4.55. The SMILES string of the molecule is COc1ccc(COC(=O)Cc2c(C)nc3ncnn3c2C)cc1Br. The van der Waals surface area contributed by atoms with Crippen molar-refractivity contribution >= 4 is 27.7 Å². The van der Waals surface area contributed by atoms with E-state index in [2.05, 4.69) is 31.0 Å². The van der Waals surface area contributed by atoms with Gasteiger partial charge < -0.3 is 9.47 Å². The third-order valence-electron chi connectivity index (χ3n) is 3.93. The van der Waals surface area contributed by atoms with E-state index in [-0.39, 0.29) is 19.0 Å². The molecule has 0 N–H and O–H groups in total. The van der Waals surface area contributed by atoms with Gasteiger partial charge in [-0.15, -0.1) is 0 Å². The second kappa shape index (κ2) is 7.18. The van der Waals surface area contributed by atoms with Crippen molar-refractivity contribution in [1.82, 2.24) is 19.6 Å². The molecule has 0 aliphatic heterocycles. The van der Waals surface area contributed by atoms with E-state index in [1.807, 2.05) is 32.0 Å². The minimum Gasteiger partial charge on any atom is -0.496 e. The molecule has 3 aromatic rings. The van der Waals surface area contributed by atoms with Crippen molar-refractivity contribution < 1.29 is 14.3 Å². The summed E-state index contributed by atoms with van der Waals surface area (Å²) in [7, 11) is 1.60. The van der Waals surface area contributed by atoms with E-state index in [1.165, 1.54) is 6.33 Å². The number of carbonyl (C=O) groups is 1. The number of benzene rings is 1. The van der Waals surface area contributed by atoms with Gasteiger partial charge in [0.1, 0.15) is 18.7 Å². The zero-order chi connectivity index (χ0) is 18.0. The molecule has 25 heavy (non-hydrogen) atoms. The molecule has 0 spiro atoms. The second-order valence-electron chi connectivity index (χ2n) is 5.54. The van der Waals surface area contributed by atoms with Gasteiger partial charge >= 0.3 is 5.97 Å². The number of nitrogens with zero attached hydrogens (tertiary/aromatic N) is 4. The Kier molecular flexibility index (Phi) is 4.98. The Morgan fingerprint density at radius 3 is 2.84 bits per heavy atom. The molecule has 3 rings (SSSR count). The van der Waals surface area contributed by atoms with Crippen molar-refractivity contribution in [3.8, 4) is 5.75 Å². The van der Waals surface area contributed by atoms with Crippen molar-refractivity contribution in [1.29, 1.82) is 0 Å². The lowest BCUT2D eigenvalue weighted by Crippen LogP contribution is -2.13. The average molecular weight is 405 g/mol. The summed E-state index contributed by atoms with van der Waals surface area (Å²) in [6.45, 7) is 3.93. The van der Waals surface area contributed by atoms with E-state index in [0.29, 0.717) is 5.78 Å². The highest BCUT2D eigenvalue weighted by molar-refractivity contribution is 9.10. The Morgan fingerprint density at radius 1 is 1.32 bits per heavy atom. The van der Waals surface area contributed by atoms with Crippen LogP contribution in [0.1, 0.15) is 22.5 Å². The van der Waals surface area contributed by atoms with Crippen LogP contribution in [0.5, 0.6) is 5.75 Å².